The predicted molar refractivity (Wildman–Crippen MR) is 116 cm³/mol. The molecule has 1 N–H and O–H groups in total. The van der Waals surface area contributed by atoms with E-state index in [1.807, 2.05) is 19.9 Å². The van der Waals surface area contributed by atoms with Crippen molar-refractivity contribution in [2.45, 2.75) is 18.7 Å². The molecule has 0 amide bonds. The zero-order chi connectivity index (χ0) is 21.9. The first-order chi connectivity index (χ1) is 14.2. The highest BCUT2D eigenvalue weighted by Gasteiger charge is 2.23. The Balaban J connectivity index is 2.12. The molecule has 0 unspecified atom stereocenters. The second-order valence-corrected chi connectivity index (χ2v) is 8.55. The highest BCUT2D eigenvalue weighted by molar-refractivity contribution is 7.92. The third kappa shape index (κ3) is 4.46. The first-order valence-corrected chi connectivity index (χ1v) is 10.7. The molecule has 156 valence electrons. The number of aryl methyl sites for hydroxylation is 2. The van der Waals surface area contributed by atoms with Crippen molar-refractivity contribution in [1.29, 1.82) is 0 Å². The summed E-state index contributed by atoms with van der Waals surface area (Å²) in [6.45, 7) is 3.75. The lowest BCUT2D eigenvalue weighted by Gasteiger charge is -2.16. The van der Waals surface area contributed by atoms with E-state index >= 15 is 0 Å². The van der Waals surface area contributed by atoms with Gasteiger partial charge >= 0.3 is 0 Å². The Morgan fingerprint density at radius 3 is 2.07 bits per heavy atom. The van der Waals surface area contributed by atoms with Gasteiger partial charge in [-0.05, 0) is 38.1 Å². The van der Waals surface area contributed by atoms with E-state index in [2.05, 4.69) is 4.72 Å². The van der Waals surface area contributed by atoms with E-state index in [0.717, 1.165) is 11.1 Å². The van der Waals surface area contributed by atoms with Gasteiger partial charge in [0.2, 0.25) is 0 Å². The van der Waals surface area contributed by atoms with E-state index in [9.17, 15) is 13.2 Å². The molecule has 0 bridgehead atoms. The standard InChI is InChI=1S/C23H23NO5S/c1-15-8-10-18(11-9-15)30(26,27)24-20-14-22(29-4)21(28-3)13-19(20)23(25)17-7-5-6-16(2)12-17/h5-14,24H,1-4H3. The van der Waals surface area contributed by atoms with Crippen LogP contribution in [0.3, 0.4) is 0 Å². The van der Waals surface area contributed by atoms with Crippen molar-refractivity contribution in [1.82, 2.24) is 0 Å². The Kier molecular flexibility index (Phi) is 6.12. The lowest BCUT2D eigenvalue weighted by atomic mass is 10.00. The van der Waals surface area contributed by atoms with Crippen LogP contribution in [0.5, 0.6) is 11.5 Å². The smallest absolute Gasteiger partial charge is 0.261 e. The molecule has 0 heterocycles. The maximum Gasteiger partial charge on any atom is 0.261 e. The van der Waals surface area contributed by atoms with E-state index in [4.69, 9.17) is 9.47 Å². The summed E-state index contributed by atoms with van der Waals surface area (Å²) >= 11 is 0. The number of hydrogen-bond acceptors (Lipinski definition) is 5. The van der Waals surface area contributed by atoms with Gasteiger partial charge in [-0.1, -0.05) is 41.5 Å². The lowest BCUT2D eigenvalue weighted by Crippen LogP contribution is -2.16. The minimum atomic E-state index is -3.92. The van der Waals surface area contributed by atoms with Gasteiger partial charge in [-0.3, -0.25) is 9.52 Å². The lowest BCUT2D eigenvalue weighted by molar-refractivity contribution is 0.103. The molecular weight excluding hydrogens is 402 g/mol. The third-order valence-electron chi connectivity index (χ3n) is 4.62. The molecule has 0 atom stereocenters. The van der Waals surface area contributed by atoms with Crippen molar-refractivity contribution in [2.75, 3.05) is 18.9 Å². The van der Waals surface area contributed by atoms with E-state index in [1.165, 1.54) is 38.5 Å². The fraction of sp³-hybridized carbons (Fsp3) is 0.174. The molecule has 3 rings (SSSR count). The largest absolute Gasteiger partial charge is 0.493 e. The monoisotopic (exact) mass is 425 g/mol. The number of methoxy groups -OCH3 is 2. The molecule has 0 aliphatic rings. The van der Waals surface area contributed by atoms with Crippen molar-refractivity contribution in [2.24, 2.45) is 0 Å². The highest BCUT2D eigenvalue weighted by Crippen LogP contribution is 2.35. The molecule has 7 heteroatoms. The van der Waals surface area contributed by atoms with E-state index in [1.54, 1.807) is 30.3 Å². The molecule has 30 heavy (non-hydrogen) atoms. The molecule has 3 aromatic rings. The molecule has 0 aromatic heterocycles. The second-order valence-electron chi connectivity index (χ2n) is 6.87. The highest BCUT2D eigenvalue weighted by atomic mass is 32.2. The zero-order valence-corrected chi connectivity index (χ0v) is 18.0. The van der Waals surface area contributed by atoms with Crippen LogP contribution < -0.4 is 14.2 Å². The van der Waals surface area contributed by atoms with Gasteiger partial charge in [0.1, 0.15) is 0 Å². The predicted octanol–water partition coefficient (Wildman–Crippen LogP) is 4.35. The summed E-state index contributed by atoms with van der Waals surface area (Å²) in [6, 6.07) is 16.5. The number of ketones is 1. The number of nitrogens with one attached hydrogen (secondary N) is 1. The molecule has 6 nitrogen and oxygen atoms in total. The number of ether oxygens (including phenoxy) is 2. The van der Waals surface area contributed by atoms with Crippen LogP contribution in [-0.4, -0.2) is 28.4 Å². The van der Waals surface area contributed by atoms with Crippen molar-refractivity contribution in [3.63, 3.8) is 0 Å². The molecule has 0 saturated heterocycles. The van der Waals surface area contributed by atoms with Crippen LogP contribution in [-0.2, 0) is 10.0 Å². The van der Waals surface area contributed by atoms with Crippen molar-refractivity contribution < 1.29 is 22.7 Å². The Morgan fingerprint density at radius 2 is 1.47 bits per heavy atom. The first kappa shape index (κ1) is 21.4. The number of anilines is 1. The van der Waals surface area contributed by atoms with Crippen molar-refractivity contribution in [3.05, 3.63) is 82.9 Å². The minimum Gasteiger partial charge on any atom is -0.493 e. The van der Waals surface area contributed by atoms with Crippen LogP contribution in [0.2, 0.25) is 0 Å². The molecule has 3 aromatic carbocycles. The molecule has 0 aliphatic carbocycles. The van der Waals surface area contributed by atoms with Crippen LogP contribution in [0.15, 0.2) is 65.6 Å². The van der Waals surface area contributed by atoms with Crippen LogP contribution in [0.25, 0.3) is 0 Å². The van der Waals surface area contributed by atoms with Gasteiger partial charge < -0.3 is 9.47 Å². The summed E-state index contributed by atoms with van der Waals surface area (Å²) in [5.41, 5.74) is 2.57. The number of carbonyl (C=O) groups is 1. The van der Waals surface area contributed by atoms with Crippen LogP contribution in [0, 0.1) is 13.8 Å². The van der Waals surface area contributed by atoms with Gasteiger partial charge in [0.05, 0.1) is 30.4 Å². The Labute approximate surface area is 176 Å². The number of hydrogen-bond donors (Lipinski definition) is 1. The normalized spacial score (nSPS) is 11.1. The molecule has 0 aliphatic heterocycles. The molecule has 0 spiro atoms. The molecular formula is C23H23NO5S. The molecule has 0 radical (unpaired) electrons. The minimum absolute atomic E-state index is 0.0943. The van der Waals surface area contributed by atoms with Gasteiger partial charge in [0.25, 0.3) is 10.0 Å². The fourth-order valence-electron chi connectivity index (χ4n) is 3.01. The van der Waals surface area contributed by atoms with E-state index < -0.39 is 10.0 Å². The summed E-state index contributed by atoms with van der Waals surface area (Å²) in [5.74, 6) is 0.299. The number of rotatable bonds is 7. The second kappa shape index (κ2) is 8.59. The SMILES string of the molecule is COc1cc(NS(=O)(=O)c2ccc(C)cc2)c(C(=O)c2cccc(C)c2)cc1OC. The average molecular weight is 426 g/mol. The maximum absolute atomic E-state index is 13.2. The average Bonchev–Trinajstić information content (AvgIpc) is 2.73. The first-order valence-electron chi connectivity index (χ1n) is 9.22. The Bertz CT molecular complexity index is 1180. The van der Waals surface area contributed by atoms with Gasteiger partial charge in [-0.15, -0.1) is 0 Å². The van der Waals surface area contributed by atoms with Gasteiger partial charge in [-0.25, -0.2) is 8.42 Å². The number of benzene rings is 3. The van der Waals surface area contributed by atoms with Crippen LogP contribution in [0.1, 0.15) is 27.0 Å². The summed E-state index contributed by atoms with van der Waals surface area (Å²) in [6.07, 6.45) is 0. The Hall–Kier alpha value is -3.32. The topological polar surface area (TPSA) is 81.7 Å². The van der Waals surface area contributed by atoms with Gasteiger partial charge in [0, 0.05) is 11.6 Å². The quantitative estimate of drug-likeness (QED) is 0.569. The summed E-state index contributed by atoms with van der Waals surface area (Å²) in [5, 5.41) is 0. The van der Waals surface area contributed by atoms with Gasteiger partial charge in [-0.2, -0.15) is 0 Å². The van der Waals surface area contributed by atoms with Gasteiger partial charge in [0.15, 0.2) is 17.3 Å². The summed E-state index contributed by atoms with van der Waals surface area (Å²) in [4.78, 5) is 13.3. The maximum atomic E-state index is 13.2. The summed E-state index contributed by atoms with van der Waals surface area (Å²) < 4.78 is 39.0. The molecule has 0 fully saturated rings. The zero-order valence-electron chi connectivity index (χ0n) is 17.2. The molecule has 0 saturated carbocycles. The van der Waals surface area contributed by atoms with E-state index in [0.29, 0.717) is 17.1 Å². The van der Waals surface area contributed by atoms with Crippen molar-refractivity contribution >= 4 is 21.5 Å². The van der Waals surface area contributed by atoms with Crippen LogP contribution >= 0.6 is 0 Å². The Morgan fingerprint density at radius 1 is 0.833 bits per heavy atom. The number of sulfonamides is 1. The van der Waals surface area contributed by atoms with Crippen molar-refractivity contribution in [3.8, 4) is 11.5 Å². The van der Waals surface area contributed by atoms with Crippen LogP contribution in [0.4, 0.5) is 5.69 Å². The fourth-order valence-corrected chi connectivity index (χ4v) is 4.08. The third-order valence-corrected chi connectivity index (χ3v) is 6.01. The summed E-state index contributed by atoms with van der Waals surface area (Å²) in [7, 11) is -1.02. The number of carbonyl (C=O) groups excluding carboxylic acids is 1. The van der Waals surface area contributed by atoms with E-state index in [-0.39, 0.29) is 21.9 Å².